The first-order valence-corrected chi connectivity index (χ1v) is 6.67. The molecule has 0 unspecified atom stereocenters. The Labute approximate surface area is 113 Å². The number of hydrogen-bond acceptors (Lipinski definition) is 4. The molecule has 0 aliphatic rings. The van der Waals surface area contributed by atoms with Crippen molar-refractivity contribution in [2.24, 2.45) is 5.73 Å². The zero-order valence-corrected chi connectivity index (χ0v) is 11.2. The van der Waals surface area contributed by atoms with Crippen LogP contribution in [0.3, 0.4) is 0 Å². The molecule has 5 heteroatoms. The molecule has 0 atom stereocenters. The van der Waals surface area contributed by atoms with Crippen molar-refractivity contribution < 1.29 is 4.74 Å². The Balaban J connectivity index is 2.11. The Morgan fingerprint density at radius 3 is 2.74 bits per heavy atom. The summed E-state index contributed by atoms with van der Waals surface area (Å²) in [5, 5.41) is 8.05. The summed E-state index contributed by atoms with van der Waals surface area (Å²) in [5.41, 5.74) is 7.62. The molecule has 0 amide bonds. The van der Waals surface area contributed by atoms with Crippen LogP contribution in [0.1, 0.15) is 19.8 Å². The lowest BCUT2D eigenvalue weighted by Gasteiger charge is -2.07. The van der Waals surface area contributed by atoms with E-state index in [9.17, 15) is 0 Å². The van der Waals surface area contributed by atoms with E-state index in [1.807, 2.05) is 28.9 Å². The van der Waals surface area contributed by atoms with Crippen molar-refractivity contribution in [1.82, 2.24) is 15.0 Å². The smallest absolute Gasteiger partial charge is 0.119 e. The number of rotatable bonds is 7. The monoisotopic (exact) mass is 260 g/mol. The summed E-state index contributed by atoms with van der Waals surface area (Å²) in [6, 6.07) is 8.02. The largest absolute Gasteiger partial charge is 0.494 e. The third-order valence-electron chi connectivity index (χ3n) is 2.81. The highest BCUT2D eigenvalue weighted by Crippen LogP contribution is 2.21. The summed E-state index contributed by atoms with van der Waals surface area (Å²) in [6.45, 7) is 4.29. The lowest BCUT2D eigenvalue weighted by Crippen LogP contribution is -2.08. The molecule has 1 heterocycles. The van der Waals surface area contributed by atoms with Crippen molar-refractivity contribution in [3.8, 4) is 17.0 Å². The van der Waals surface area contributed by atoms with Gasteiger partial charge in [-0.2, -0.15) is 0 Å². The van der Waals surface area contributed by atoms with E-state index in [1.165, 1.54) is 0 Å². The number of nitrogens with zero attached hydrogens (tertiary/aromatic N) is 3. The number of benzene rings is 1. The first-order valence-electron chi connectivity index (χ1n) is 6.67. The lowest BCUT2D eigenvalue weighted by atomic mass is 10.1. The van der Waals surface area contributed by atoms with E-state index in [2.05, 4.69) is 17.2 Å². The van der Waals surface area contributed by atoms with Gasteiger partial charge in [0.1, 0.15) is 5.75 Å². The highest BCUT2D eigenvalue weighted by Gasteiger charge is 2.06. The van der Waals surface area contributed by atoms with Crippen LogP contribution in [0.2, 0.25) is 0 Å². The van der Waals surface area contributed by atoms with Crippen LogP contribution in [0.25, 0.3) is 11.3 Å². The zero-order valence-electron chi connectivity index (χ0n) is 11.2. The van der Waals surface area contributed by atoms with Gasteiger partial charge >= 0.3 is 0 Å². The molecule has 2 aromatic rings. The summed E-state index contributed by atoms with van der Waals surface area (Å²) < 4.78 is 7.45. The van der Waals surface area contributed by atoms with E-state index >= 15 is 0 Å². The molecule has 2 N–H and O–H groups in total. The van der Waals surface area contributed by atoms with Gasteiger partial charge in [-0.3, -0.25) is 0 Å². The van der Waals surface area contributed by atoms with E-state index in [1.54, 1.807) is 6.20 Å². The summed E-state index contributed by atoms with van der Waals surface area (Å²) in [4.78, 5) is 0. The fraction of sp³-hybridized carbons (Fsp3) is 0.429. The molecule has 19 heavy (non-hydrogen) atoms. The lowest BCUT2D eigenvalue weighted by molar-refractivity contribution is 0.317. The van der Waals surface area contributed by atoms with Gasteiger partial charge in [0.15, 0.2) is 0 Å². The highest BCUT2D eigenvalue weighted by atomic mass is 16.5. The Morgan fingerprint density at radius 2 is 2.05 bits per heavy atom. The van der Waals surface area contributed by atoms with Gasteiger partial charge in [-0.1, -0.05) is 12.1 Å². The number of aryl methyl sites for hydroxylation is 1. The van der Waals surface area contributed by atoms with Gasteiger partial charge in [-0.05, 0) is 43.7 Å². The van der Waals surface area contributed by atoms with Crippen LogP contribution in [0.4, 0.5) is 0 Å². The average molecular weight is 260 g/mol. The molecule has 0 radical (unpaired) electrons. The Bertz CT molecular complexity index is 492. The van der Waals surface area contributed by atoms with Crippen molar-refractivity contribution in [3.05, 3.63) is 30.5 Å². The zero-order chi connectivity index (χ0) is 13.5. The normalized spacial score (nSPS) is 10.6. The minimum Gasteiger partial charge on any atom is -0.494 e. The fourth-order valence-electron chi connectivity index (χ4n) is 1.83. The second-order valence-electron chi connectivity index (χ2n) is 4.36. The van der Waals surface area contributed by atoms with E-state index < -0.39 is 0 Å². The molecule has 0 fully saturated rings. The first-order chi connectivity index (χ1) is 9.35. The maximum Gasteiger partial charge on any atom is 0.119 e. The summed E-state index contributed by atoms with van der Waals surface area (Å²) in [7, 11) is 0. The number of hydrogen-bond donors (Lipinski definition) is 1. The molecule has 0 bridgehead atoms. The maximum atomic E-state index is 5.57. The predicted molar refractivity (Wildman–Crippen MR) is 74.9 cm³/mol. The topological polar surface area (TPSA) is 66.0 Å². The van der Waals surface area contributed by atoms with Gasteiger partial charge < -0.3 is 10.5 Å². The summed E-state index contributed by atoms with van der Waals surface area (Å²) >= 11 is 0. The van der Waals surface area contributed by atoms with Gasteiger partial charge in [0.25, 0.3) is 0 Å². The summed E-state index contributed by atoms with van der Waals surface area (Å²) in [5.74, 6) is 0.895. The molecule has 0 aliphatic heterocycles. The van der Waals surface area contributed by atoms with Crippen LogP contribution >= 0.6 is 0 Å². The number of ether oxygens (including phenoxy) is 1. The van der Waals surface area contributed by atoms with Gasteiger partial charge in [-0.25, -0.2) is 4.68 Å². The van der Waals surface area contributed by atoms with Crippen LogP contribution in [-0.4, -0.2) is 28.1 Å². The number of aromatic nitrogens is 3. The molecule has 5 nitrogen and oxygen atoms in total. The molecule has 1 aromatic carbocycles. The Morgan fingerprint density at radius 1 is 1.26 bits per heavy atom. The highest BCUT2D eigenvalue weighted by molar-refractivity contribution is 5.59. The van der Waals surface area contributed by atoms with E-state index in [4.69, 9.17) is 10.5 Å². The molecular weight excluding hydrogens is 240 g/mol. The quantitative estimate of drug-likeness (QED) is 0.827. The average Bonchev–Trinajstić information content (AvgIpc) is 2.92. The first kappa shape index (κ1) is 13.5. The van der Waals surface area contributed by atoms with Crippen LogP contribution in [0.5, 0.6) is 5.75 Å². The van der Waals surface area contributed by atoms with E-state index in [0.717, 1.165) is 43.0 Å². The summed E-state index contributed by atoms with van der Waals surface area (Å²) in [6.07, 6.45) is 3.68. The Hall–Kier alpha value is -1.88. The van der Waals surface area contributed by atoms with Crippen molar-refractivity contribution in [3.63, 3.8) is 0 Å². The molecule has 0 saturated carbocycles. The standard InChI is InChI=1S/C14H20N4O/c1-2-10-19-13-6-4-12(5-7-13)14-11-16-17-18(14)9-3-8-15/h4-7,11H,2-3,8-10,15H2,1H3. The van der Waals surface area contributed by atoms with Crippen molar-refractivity contribution in [1.29, 1.82) is 0 Å². The van der Waals surface area contributed by atoms with Crippen LogP contribution in [0.15, 0.2) is 30.5 Å². The van der Waals surface area contributed by atoms with E-state index in [0.29, 0.717) is 6.54 Å². The van der Waals surface area contributed by atoms with Crippen LogP contribution in [0, 0.1) is 0 Å². The predicted octanol–water partition coefficient (Wildman–Crippen LogP) is 2.08. The number of nitrogens with two attached hydrogens (primary N) is 1. The SMILES string of the molecule is CCCOc1ccc(-c2cnnn2CCCN)cc1. The van der Waals surface area contributed by atoms with Gasteiger partial charge in [0.2, 0.25) is 0 Å². The molecular formula is C14H20N4O. The molecule has 102 valence electrons. The fourth-order valence-corrected chi connectivity index (χ4v) is 1.83. The Kier molecular flexibility index (Phi) is 4.92. The molecule has 2 rings (SSSR count). The van der Waals surface area contributed by atoms with Gasteiger partial charge in [0, 0.05) is 12.1 Å². The van der Waals surface area contributed by atoms with Crippen molar-refractivity contribution in [2.75, 3.05) is 13.2 Å². The van der Waals surface area contributed by atoms with E-state index in [-0.39, 0.29) is 0 Å². The molecule has 0 aliphatic carbocycles. The second-order valence-corrected chi connectivity index (χ2v) is 4.36. The van der Waals surface area contributed by atoms with Crippen molar-refractivity contribution in [2.45, 2.75) is 26.3 Å². The molecule has 0 saturated heterocycles. The minimum absolute atomic E-state index is 0.656. The third-order valence-corrected chi connectivity index (χ3v) is 2.81. The van der Waals surface area contributed by atoms with Gasteiger partial charge in [-0.15, -0.1) is 5.10 Å². The maximum absolute atomic E-state index is 5.57. The van der Waals surface area contributed by atoms with Crippen molar-refractivity contribution >= 4 is 0 Å². The second kappa shape index (κ2) is 6.89. The third kappa shape index (κ3) is 3.54. The molecule has 1 aromatic heterocycles. The minimum atomic E-state index is 0.656. The van der Waals surface area contributed by atoms with Crippen LogP contribution < -0.4 is 10.5 Å². The molecule has 0 spiro atoms. The van der Waals surface area contributed by atoms with Crippen LogP contribution in [-0.2, 0) is 6.54 Å². The van der Waals surface area contributed by atoms with Gasteiger partial charge in [0.05, 0.1) is 18.5 Å².